The number of carbonyl (C=O) groups excluding carboxylic acids is 1. The molecule has 0 aliphatic heterocycles. The predicted molar refractivity (Wildman–Crippen MR) is 103 cm³/mol. The molecule has 0 unspecified atom stereocenters. The van der Waals surface area contributed by atoms with Gasteiger partial charge >= 0.3 is 5.97 Å². The summed E-state index contributed by atoms with van der Waals surface area (Å²) >= 11 is 0. The van der Waals surface area contributed by atoms with Crippen LogP contribution in [0.3, 0.4) is 0 Å². The fourth-order valence-corrected chi connectivity index (χ4v) is 2.71. The number of aromatic nitrogens is 2. The van der Waals surface area contributed by atoms with Crippen molar-refractivity contribution in [1.29, 1.82) is 5.26 Å². The van der Waals surface area contributed by atoms with Crippen LogP contribution < -0.4 is 0 Å². The highest BCUT2D eigenvalue weighted by Crippen LogP contribution is 2.24. The number of benzene rings is 2. The highest BCUT2D eigenvalue weighted by Gasteiger charge is 2.21. The average molecular weight is 359 g/mol. The number of rotatable bonds is 5. The number of aryl methyl sites for hydroxylation is 2. The molecule has 0 bridgehead atoms. The van der Waals surface area contributed by atoms with Crippen LogP contribution in [0.2, 0.25) is 0 Å². The minimum absolute atomic E-state index is 0.355. The first kappa shape index (κ1) is 18.4. The van der Waals surface area contributed by atoms with Crippen molar-refractivity contribution >= 4 is 5.97 Å². The maximum atomic E-state index is 12.6. The lowest BCUT2D eigenvalue weighted by Crippen LogP contribution is -2.13. The Labute approximate surface area is 158 Å². The van der Waals surface area contributed by atoms with Crippen LogP contribution in [0.1, 0.15) is 34.0 Å². The number of hydrogen-bond acceptors (Lipinski definition) is 4. The van der Waals surface area contributed by atoms with E-state index < -0.39 is 12.1 Å². The monoisotopic (exact) mass is 359 g/mol. The van der Waals surface area contributed by atoms with E-state index in [1.807, 2.05) is 68.4 Å². The number of nitriles is 1. The standard InChI is InChI=1S/C22H21N3O2/c1-15-4-8-18(9-5-15)13-25-14-20(22(26)27-17(3)12-23)21(24-25)19-10-6-16(2)7-11-19/h4-11,14,17H,13H2,1-3H3/t17-/m1/s1. The van der Waals surface area contributed by atoms with E-state index in [4.69, 9.17) is 10.00 Å². The van der Waals surface area contributed by atoms with Crippen LogP contribution in [0.25, 0.3) is 11.3 Å². The molecule has 5 heteroatoms. The summed E-state index contributed by atoms with van der Waals surface area (Å²) in [5, 5.41) is 13.5. The zero-order valence-corrected chi connectivity index (χ0v) is 15.6. The second kappa shape index (κ2) is 7.88. The summed E-state index contributed by atoms with van der Waals surface area (Å²) in [6.07, 6.45) is 0.866. The summed E-state index contributed by atoms with van der Waals surface area (Å²) in [7, 11) is 0. The van der Waals surface area contributed by atoms with E-state index in [-0.39, 0.29) is 0 Å². The highest BCUT2D eigenvalue weighted by atomic mass is 16.5. The molecule has 0 saturated heterocycles. The summed E-state index contributed by atoms with van der Waals surface area (Å²) < 4.78 is 6.93. The van der Waals surface area contributed by atoms with Gasteiger partial charge in [-0.2, -0.15) is 10.4 Å². The predicted octanol–water partition coefficient (Wildman–Crippen LogP) is 4.28. The molecule has 0 amide bonds. The van der Waals surface area contributed by atoms with Gasteiger partial charge in [-0.3, -0.25) is 4.68 Å². The lowest BCUT2D eigenvalue weighted by molar-refractivity contribution is 0.0436. The lowest BCUT2D eigenvalue weighted by Gasteiger charge is -2.06. The van der Waals surface area contributed by atoms with Gasteiger partial charge < -0.3 is 4.74 Å². The Hall–Kier alpha value is -3.39. The molecule has 0 fully saturated rings. The molecule has 0 saturated carbocycles. The Balaban J connectivity index is 1.97. The van der Waals surface area contributed by atoms with Crippen LogP contribution in [0, 0.1) is 25.2 Å². The zero-order valence-electron chi connectivity index (χ0n) is 15.6. The van der Waals surface area contributed by atoms with Crippen molar-refractivity contribution in [2.45, 2.75) is 33.4 Å². The van der Waals surface area contributed by atoms with Gasteiger partial charge in [-0.15, -0.1) is 0 Å². The van der Waals surface area contributed by atoms with Crippen molar-refractivity contribution in [1.82, 2.24) is 9.78 Å². The van der Waals surface area contributed by atoms with Crippen LogP contribution in [-0.2, 0) is 11.3 Å². The molecule has 3 aromatic rings. The first-order valence-corrected chi connectivity index (χ1v) is 8.77. The third kappa shape index (κ3) is 4.42. The number of carbonyl (C=O) groups is 1. The molecular weight excluding hydrogens is 338 g/mol. The Bertz CT molecular complexity index is 980. The minimum Gasteiger partial charge on any atom is -0.444 e. The van der Waals surface area contributed by atoms with Gasteiger partial charge in [0.25, 0.3) is 0 Å². The molecule has 27 heavy (non-hydrogen) atoms. The maximum Gasteiger partial charge on any atom is 0.343 e. The first-order chi connectivity index (χ1) is 13.0. The summed E-state index contributed by atoms with van der Waals surface area (Å²) in [6.45, 7) is 6.13. The molecule has 1 atom stereocenters. The average Bonchev–Trinajstić information content (AvgIpc) is 3.08. The molecule has 0 spiro atoms. The van der Waals surface area contributed by atoms with Gasteiger partial charge in [0, 0.05) is 11.8 Å². The van der Waals surface area contributed by atoms with Gasteiger partial charge in [0.15, 0.2) is 6.10 Å². The van der Waals surface area contributed by atoms with Gasteiger partial charge in [0.2, 0.25) is 0 Å². The minimum atomic E-state index is -0.816. The van der Waals surface area contributed by atoms with E-state index >= 15 is 0 Å². The quantitative estimate of drug-likeness (QED) is 0.638. The van der Waals surface area contributed by atoms with Gasteiger partial charge in [0.05, 0.1) is 6.54 Å². The second-order valence-electron chi connectivity index (χ2n) is 6.62. The van der Waals surface area contributed by atoms with Crippen LogP contribution in [0.5, 0.6) is 0 Å². The molecule has 0 aliphatic rings. The van der Waals surface area contributed by atoms with Crippen LogP contribution in [0.4, 0.5) is 0 Å². The van der Waals surface area contributed by atoms with E-state index in [9.17, 15) is 4.79 Å². The van der Waals surface area contributed by atoms with E-state index in [2.05, 4.69) is 5.10 Å². The topological polar surface area (TPSA) is 67.9 Å². The van der Waals surface area contributed by atoms with Crippen molar-refractivity contribution < 1.29 is 9.53 Å². The SMILES string of the molecule is Cc1ccc(Cn2cc(C(=O)O[C@H](C)C#N)c(-c3ccc(C)cc3)n2)cc1. The second-order valence-corrected chi connectivity index (χ2v) is 6.62. The number of ether oxygens (including phenoxy) is 1. The summed E-state index contributed by atoms with van der Waals surface area (Å²) in [4.78, 5) is 12.6. The molecular formula is C22H21N3O2. The summed E-state index contributed by atoms with van der Waals surface area (Å²) in [6, 6.07) is 17.9. The normalized spacial score (nSPS) is 11.6. The molecule has 0 aliphatic carbocycles. The molecule has 0 N–H and O–H groups in total. The third-order valence-electron chi connectivity index (χ3n) is 4.24. The first-order valence-electron chi connectivity index (χ1n) is 8.77. The Morgan fingerprint density at radius 3 is 2.30 bits per heavy atom. The lowest BCUT2D eigenvalue weighted by atomic mass is 10.1. The molecule has 5 nitrogen and oxygen atoms in total. The van der Waals surface area contributed by atoms with Gasteiger partial charge in [-0.1, -0.05) is 59.7 Å². The molecule has 0 radical (unpaired) electrons. The zero-order chi connectivity index (χ0) is 19.4. The van der Waals surface area contributed by atoms with E-state index in [0.29, 0.717) is 17.8 Å². The largest absolute Gasteiger partial charge is 0.444 e. The molecule has 1 heterocycles. The Morgan fingerprint density at radius 2 is 1.70 bits per heavy atom. The van der Waals surface area contributed by atoms with Crippen LogP contribution in [0.15, 0.2) is 54.7 Å². The van der Waals surface area contributed by atoms with Gasteiger partial charge in [0.1, 0.15) is 17.3 Å². The van der Waals surface area contributed by atoms with E-state index in [1.54, 1.807) is 17.8 Å². The summed E-state index contributed by atoms with van der Waals surface area (Å²) in [5.41, 5.74) is 5.14. The summed E-state index contributed by atoms with van der Waals surface area (Å²) in [5.74, 6) is -0.546. The van der Waals surface area contributed by atoms with Crippen LogP contribution in [-0.4, -0.2) is 21.9 Å². The molecule has 2 aromatic carbocycles. The fraction of sp³-hybridized carbons (Fsp3) is 0.227. The highest BCUT2D eigenvalue weighted by molar-refractivity contribution is 5.96. The van der Waals surface area contributed by atoms with Gasteiger partial charge in [-0.05, 0) is 26.3 Å². The molecule has 3 rings (SSSR count). The molecule has 1 aromatic heterocycles. The Morgan fingerprint density at radius 1 is 1.11 bits per heavy atom. The van der Waals surface area contributed by atoms with Crippen molar-refractivity contribution in [2.24, 2.45) is 0 Å². The number of nitrogens with zero attached hydrogens (tertiary/aromatic N) is 3. The smallest absolute Gasteiger partial charge is 0.343 e. The molecule has 136 valence electrons. The van der Waals surface area contributed by atoms with Crippen molar-refractivity contribution in [3.05, 3.63) is 77.0 Å². The van der Waals surface area contributed by atoms with Crippen molar-refractivity contribution in [3.63, 3.8) is 0 Å². The number of esters is 1. The van der Waals surface area contributed by atoms with E-state index in [1.165, 1.54) is 5.56 Å². The van der Waals surface area contributed by atoms with Gasteiger partial charge in [-0.25, -0.2) is 4.79 Å². The maximum absolute atomic E-state index is 12.6. The van der Waals surface area contributed by atoms with E-state index in [0.717, 1.165) is 16.7 Å². The number of hydrogen-bond donors (Lipinski definition) is 0. The van der Waals surface area contributed by atoms with Crippen molar-refractivity contribution in [3.8, 4) is 17.3 Å². The third-order valence-corrected chi connectivity index (χ3v) is 4.24. The van der Waals surface area contributed by atoms with Crippen molar-refractivity contribution in [2.75, 3.05) is 0 Å². The van der Waals surface area contributed by atoms with Crippen LogP contribution >= 0.6 is 0 Å². The Kier molecular flexibility index (Phi) is 5.37. The fourth-order valence-electron chi connectivity index (χ4n) is 2.71.